The lowest BCUT2D eigenvalue weighted by molar-refractivity contribution is -0.674. The van der Waals surface area contributed by atoms with Gasteiger partial charge in [-0.15, -0.1) is 0 Å². The van der Waals surface area contributed by atoms with Crippen LogP contribution in [0.4, 0.5) is 4.79 Å². The van der Waals surface area contributed by atoms with Gasteiger partial charge in [-0.2, -0.15) is 0 Å². The number of ether oxygens (including phenoxy) is 1. The van der Waals surface area contributed by atoms with Crippen molar-refractivity contribution < 1.29 is 29.3 Å². The summed E-state index contributed by atoms with van der Waals surface area (Å²) in [6, 6.07) is -1.13. The molecule has 1 saturated heterocycles. The van der Waals surface area contributed by atoms with Crippen LogP contribution >= 0.6 is 0 Å². The third-order valence-corrected chi connectivity index (χ3v) is 4.64. The molecule has 1 amide bonds. The number of carbonyl (C=O) groups is 1. The number of hydrogen-bond acceptors (Lipinski definition) is 9. The van der Waals surface area contributed by atoms with Gasteiger partial charge in [-0.1, -0.05) is 0 Å². The van der Waals surface area contributed by atoms with Gasteiger partial charge in [0.25, 0.3) is 5.66 Å². The molecule has 3 heterocycles. The lowest BCUT2D eigenvalue weighted by Crippen LogP contribution is -2.91. The maximum Gasteiger partial charge on any atom is 0.407 e. The minimum atomic E-state index is -2.07. The minimum absolute atomic E-state index is 0.0601. The van der Waals surface area contributed by atoms with E-state index in [4.69, 9.17) is 21.9 Å². The Morgan fingerprint density at radius 3 is 2.96 bits per heavy atom. The van der Waals surface area contributed by atoms with Crippen molar-refractivity contribution in [1.82, 2.24) is 16.0 Å². The van der Waals surface area contributed by atoms with Gasteiger partial charge in [0.1, 0.15) is 12.6 Å². The number of carbonyl (C=O) groups excluding carboxylic acids is 1. The van der Waals surface area contributed by atoms with Crippen LogP contribution < -0.4 is 38.1 Å². The number of alkyl carbamates (subject to hydrolysis) is 1. The maximum absolute atomic E-state index is 11.6. The second kappa shape index (κ2) is 5.65. The van der Waals surface area contributed by atoms with Crippen molar-refractivity contribution in [2.45, 2.75) is 30.0 Å². The highest BCUT2D eigenvalue weighted by atomic mass is 16.5. The van der Waals surface area contributed by atoms with Crippen molar-refractivity contribution in [3.63, 3.8) is 0 Å². The van der Waals surface area contributed by atoms with Gasteiger partial charge in [0.2, 0.25) is 5.79 Å². The van der Waals surface area contributed by atoms with Crippen LogP contribution in [0.1, 0.15) is 6.42 Å². The molecule has 3 aliphatic heterocycles. The van der Waals surface area contributed by atoms with Gasteiger partial charge in [0.05, 0.1) is 6.54 Å². The summed E-state index contributed by atoms with van der Waals surface area (Å²) in [7, 11) is 0. The van der Waals surface area contributed by atoms with Crippen molar-refractivity contribution in [2.24, 2.45) is 17.2 Å². The van der Waals surface area contributed by atoms with E-state index in [9.17, 15) is 15.0 Å². The molecule has 12 heteroatoms. The molecule has 0 aliphatic carbocycles. The van der Waals surface area contributed by atoms with Crippen molar-refractivity contribution in [1.29, 1.82) is 0 Å². The molecule has 3 aliphatic rings. The predicted octanol–water partition coefficient (Wildman–Crippen LogP) is -6.88. The van der Waals surface area contributed by atoms with E-state index >= 15 is 0 Å². The van der Waals surface area contributed by atoms with E-state index in [-0.39, 0.29) is 24.9 Å². The van der Waals surface area contributed by atoms with Crippen LogP contribution in [0.15, 0.2) is 0 Å². The molecule has 134 valence electrons. The van der Waals surface area contributed by atoms with E-state index in [2.05, 4.69) is 20.9 Å². The van der Waals surface area contributed by atoms with E-state index in [0.717, 1.165) is 0 Å². The van der Waals surface area contributed by atoms with E-state index in [1.165, 1.54) is 0 Å². The van der Waals surface area contributed by atoms with E-state index in [1.807, 2.05) is 0 Å². The number of guanidine groups is 2. The normalized spacial score (nSPS) is 33.0. The fourth-order valence-corrected chi connectivity index (χ4v) is 3.61. The van der Waals surface area contributed by atoms with E-state index < -0.39 is 29.6 Å². The third kappa shape index (κ3) is 2.30. The largest absolute Gasteiger partial charge is 0.446 e. The monoisotopic (exact) mass is 344 g/mol. The SMILES string of the molecule is NCCNC(=O)OCC1NC(N)=[N+]2CCC(O)(O)C23NC(N)=[NH+][C@@H]13. The van der Waals surface area contributed by atoms with Crippen LogP contribution in [0, 0.1) is 0 Å². The molecular formula is C12H24N8O4+2. The van der Waals surface area contributed by atoms with Crippen LogP contribution in [0.3, 0.4) is 0 Å². The molecule has 12 N–H and O–H groups in total. The second-order valence-corrected chi connectivity index (χ2v) is 6.10. The highest BCUT2D eigenvalue weighted by Crippen LogP contribution is 2.36. The van der Waals surface area contributed by atoms with Gasteiger partial charge in [-0.05, 0) is 0 Å². The first-order valence-electron chi connectivity index (χ1n) is 7.71. The Morgan fingerprint density at radius 2 is 2.25 bits per heavy atom. The first kappa shape index (κ1) is 16.5. The van der Waals surface area contributed by atoms with Crippen molar-refractivity contribution in [3.05, 3.63) is 0 Å². The molecular weight excluding hydrogens is 320 g/mol. The molecule has 1 spiro atoms. The predicted molar refractivity (Wildman–Crippen MR) is 81.2 cm³/mol. The summed E-state index contributed by atoms with van der Waals surface area (Å²) < 4.78 is 6.77. The number of aliphatic hydroxyl groups is 2. The van der Waals surface area contributed by atoms with E-state index in [0.29, 0.717) is 19.6 Å². The minimum Gasteiger partial charge on any atom is -0.446 e. The Labute approximate surface area is 137 Å². The second-order valence-electron chi connectivity index (χ2n) is 6.10. The van der Waals surface area contributed by atoms with Gasteiger partial charge in [0, 0.05) is 19.5 Å². The highest BCUT2D eigenvalue weighted by molar-refractivity contribution is 5.78. The average molecular weight is 344 g/mol. The Kier molecular flexibility index (Phi) is 3.89. The number of hydrogen-bond donors (Lipinski definition) is 9. The van der Waals surface area contributed by atoms with Gasteiger partial charge >= 0.3 is 18.0 Å². The third-order valence-electron chi connectivity index (χ3n) is 4.64. The molecule has 0 saturated carbocycles. The molecule has 3 atom stereocenters. The van der Waals surface area contributed by atoms with Crippen molar-refractivity contribution >= 4 is 18.0 Å². The van der Waals surface area contributed by atoms with Crippen LogP contribution in [-0.4, -0.2) is 82.6 Å². The maximum atomic E-state index is 11.6. The number of rotatable bonds is 4. The number of nitrogens with two attached hydrogens (primary N) is 3. The molecule has 0 aromatic heterocycles. The Hall–Kier alpha value is -2.31. The lowest BCUT2D eigenvalue weighted by atomic mass is 9.87. The first-order chi connectivity index (χ1) is 11.3. The molecule has 1 fully saturated rings. The van der Waals surface area contributed by atoms with Crippen LogP contribution in [-0.2, 0) is 4.74 Å². The summed E-state index contributed by atoms with van der Waals surface area (Å²) in [5.74, 6) is -1.64. The zero-order chi connectivity index (χ0) is 17.5. The molecule has 0 aromatic carbocycles. The fourth-order valence-electron chi connectivity index (χ4n) is 3.61. The van der Waals surface area contributed by atoms with Crippen molar-refractivity contribution in [3.8, 4) is 0 Å². The topological polar surface area (TPSA) is 198 Å². The summed E-state index contributed by atoms with van der Waals surface area (Å²) in [4.78, 5) is 14.6. The molecule has 0 radical (unpaired) electrons. The molecule has 12 nitrogen and oxygen atoms in total. The molecule has 24 heavy (non-hydrogen) atoms. The molecule has 2 unspecified atom stereocenters. The summed E-state index contributed by atoms with van der Waals surface area (Å²) in [6.45, 7) is 0.861. The smallest absolute Gasteiger partial charge is 0.407 e. The van der Waals surface area contributed by atoms with Crippen molar-refractivity contribution in [2.75, 3.05) is 26.2 Å². The summed E-state index contributed by atoms with van der Waals surface area (Å²) in [5.41, 5.74) is 15.8. The lowest BCUT2D eigenvalue weighted by Gasteiger charge is -2.40. The highest BCUT2D eigenvalue weighted by Gasteiger charge is 2.74. The zero-order valence-electron chi connectivity index (χ0n) is 13.1. The Bertz CT molecular complexity index is 606. The van der Waals surface area contributed by atoms with Gasteiger partial charge < -0.3 is 26.0 Å². The number of nitrogens with zero attached hydrogens (tertiary/aromatic N) is 1. The standard InChI is InChI=1S/C12H22N8O4/c13-2-3-16-10(21)24-5-6-7-12(19-8(14)18-7)11(22,23)1-4-20(12)9(15)17-6/h6-7,22-23H,1-5,13H2,(H6,14,15,16,17,18,19,21)/p+2/t6?,7-,12?/m0/s1. The summed E-state index contributed by atoms with van der Waals surface area (Å²) in [6.07, 6.45) is -0.538. The van der Waals surface area contributed by atoms with Crippen LogP contribution in [0.2, 0.25) is 0 Å². The van der Waals surface area contributed by atoms with Gasteiger partial charge in [0.15, 0.2) is 6.04 Å². The average Bonchev–Trinajstić information content (AvgIpc) is 3.00. The summed E-state index contributed by atoms with van der Waals surface area (Å²) in [5, 5.41) is 29.4. The zero-order valence-corrected chi connectivity index (χ0v) is 13.1. The fraction of sp³-hybridized carbons (Fsp3) is 0.750. The molecule has 0 aromatic rings. The Morgan fingerprint density at radius 1 is 1.50 bits per heavy atom. The first-order valence-corrected chi connectivity index (χ1v) is 7.71. The number of nitrogens with one attached hydrogen (secondary N) is 4. The van der Waals surface area contributed by atoms with Gasteiger partial charge in [-0.25, -0.2) is 14.7 Å². The van der Waals surface area contributed by atoms with Crippen LogP contribution in [0.5, 0.6) is 0 Å². The molecule has 0 bridgehead atoms. The molecule has 3 rings (SSSR count). The van der Waals surface area contributed by atoms with Gasteiger partial charge in [-0.3, -0.25) is 21.8 Å². The number of amides is 1. The quantitative estimate of drug-likeness (QED) is 0.176. The van der Waals surface area contributed by atoms with E-state index in [1.54, 1.807) is 4.58 Å². The summed E-state index contributed by atoms with van der Waals surface area (Å²) >= 11 is 0. The van der Waals surface area contributed by atoms with Crippen LogP contribution in [0.25, 0.3) is 0 Å². The Balaban J connectivity index is 1.82.